The molecule has 0 aliphatic rings. The van der Waals surface area contributed by atoms with Gasteiger partial charge in [-0.25, -0.2) is 4.98 Å². The van der Waals surface area contributed by atoms with E-state index in [4.69, 9.17) is 4.42 Å². The van der Waals surface area contributed by atoms with Crippen LogP contribution in [0.15, 0.2) is 82.8 Å². The maximum atomic E-state index is 9.54. The van der Waals surface area contributed by atoms with Crippen LogP contribution < -0.4 is 0 Å². The third-order valence-corrected chi connectivity index (χ3v) is 4.83. The topological polar surface area (TPSA) is 49.8 Å². The zero-order valence-electron chi connectivity index (χ0n) is 13.8. The van der Waals surface area contributed by atoms with Crippen molar-refractivity contribution in [2.75, 3.05) is 0 Å². The molecule has 4 aromatic rings. The van der Waals surface area contributed by atoms with Gasteiger partial charge in [0, 0.05) is 5.38 Å². The number of hydrogen-bond donors (Lipinski definition) is 0. The second kappa shape index (κ2) is 7.22. The summed E-state index contributed by atoms with van der Waals surface area (Å²) in [7, 11) is 0. The lowest BCUT2D eigenvalue weighted by Gasteiger charge is -2.02. The highest BCUT2D eigenvalue weighted by atomic mass is 32.1. The molecule has 0 saturated heterocycles. The number of allylic oxidation sites excluding steroid dienone is 1. The summed E-state index contributed by atoms with van der Waals surface area (Å²) in [6.07, 6.45) is 3.48. The molecule has 2 aromatic carbocycles. The van der Waals surface area contributed by atoms with E-state index in [9.17, 15) is 5.26 Å². The van der Waals surface area contributed by atoms with Crippen LogP contribution in [-0.2, 0) is 0 Å². The van der Waals surface area contributed by atoms with Gasteiger partial charge in [0.15, 0.2) is 5.76 Å². The summed E-state index contributed by atoms with van der Waals surface area (Å²) in [6, 6.07) is 24.3. The molecule has 0 bridgehead atoms. The average molecular weight is 354 g/mol. The molecule has 3 nitrogen and oxygen atoms in total. The predicted molar refractivity (Wildman–Crippen MR) is 105 cm³/mol. The summed E-state index contributed by atoms with van der Waals surface area (Å²) in [5, 5.41) is 12.1. The minimum Gasteiger partial charge on any atom is -0.463 e. The fraction of sp³-hybridized carbons (Fsp3) is 0. The molecule has 0 amide bonds. The number of furan rings is 1. The number of nitrogens with zero attached hydrogens (tertiary/aromatic N) is 2. The maximum absolute atomic E-state index is 9.54. The fourth-order valence-corrected chi connectivity index (χ4v) is 3.42. The number of aromatic nitrogens is 1. The van der Waals surface area contributed by atoms with E-state index in [1.165, 1.54) is 16.9 Å². The highest BCUT2D eigenvalue weighted by Crippen LogP contribution is 2.28. The quantitative estimate of drug-likeness (QED) is 0.414. The lowest BCUT2D eigenvalue weighted by Crippen LogP contribution is -1.83. The van der Waals surface area contributed by atoms with Gasteiger partial charge in [0.05, 0.1) is 11.8 Å². The van der Waals surface area contributed by atoms with Crippen molar-refractivity contribution in [3.8, 4) is 28.7 Å². The molecule has 0 aliphatic carbocycles. The van der Waals surface area contributed by atoms with Crippen LogP contribution in [0.1, 0.15) is 10.6 Å². The SMILES string of the molecule is N#CC(=Cc1ccc(-c2ccccc2)cc1)c1nc(-c2ccco2)cs1. The Labute approximate surface area is 155 Å². The minimum absolute atomic E-state index is 0.542. The Kier molecular flexibility index (Phi) is 4.46. The highest BCUT2D eigenvalue weighted by Gasteiger charge is 2.10. The van der Waals surface area contributed by atoms with Crippen LogP contribution in [0.5, 0.6) is 0 Å². The molecule has 0 spiro atoms. The van der Waals surface area contributed by atoms with Gasteiger partial charge < -0.3 is 4.42 Å². The van der Waals surface area contributed by atoms with Gasteiger partial charge in [-0.15, -0.1) is 11.3 Å². The molecular weight excluding hydrogens is 340 g/mol. The van der Waals surface area contributed by atoms with Crippen molar-refractivity contribution in [3.05, 3.63) is 88.9 Å². The summed E-state index contributed by atoms with van der Waals surface area (Å²) in [6.45, 7) is 0. The molecule has 2 aromatic heterocycles. The average Bonchev–Trinajstić information content (AvgIpc) is 3.39. The van der Waals surface area contributed by atoms with E-state index in [1.807, 2.05) is 53.9 Å². The molecule has 4 rings (SSSR count). The number of rotatable bonds is 4. The Morgan fingerprint density at radius 2 is 1.73 bits per heavy atom. The third kappa shape index (κ3) is 3.34. The first kappa shape index (κ1) is 16.1. The largest absolute Gasteiger partial charge is 0.463 e. The molecule has 0 saturated carbocycles. The van der Waals surface area contributed by atoms with Gasteiger partial charge in [0.25, 0.3) is 0 Å². The van der Waals surface area contributed by atoms with E-state index in [0.717, 1.165) is 16.8 Å². The standard InChI is InChI=1S/C22H14N2OS/c23-14-19(22-24-20(15-26-22)21-7-4-12-25-21)13-16-8-10-18(11-9-16)17-5-2-1-3-6-17/h1-13,15H. The minimum atomic E-state index is 0.542. The first-order valence-corrected chi connectivity index (χ1v) is 8.98. The number of benzene rings is 2. The van der Waals surface area contributed by atoms with Gasteiger partial charge in [0.1, 0.15) is 16.8 Å². The summed E-state index contributed by atoms with van der Waals surface area (Å²) in [5.74, 6) is 0.706. The molecule has 0 atom stereocenters. The Hall–Kier alpha value is -3.42. The van der Waals surface area contributed by atoms with Crippen LogP contribution in [0.2, 0.25) is 0 Å². The van der Waals surface area contributed by atoms with Crippen LogP contribution in [-0.4, -0.2) is 4.98 Å². The Balaban J connectivity index is 1.61. The van der Waals surface area contributed by atoms with Crippen molar-refractivity contribution in [3.63, 3.8) is 0 Å². The molecule has 0 radical (unpaired) electrons. The molecule has 4 heteroatoms. The van der Waals surface area contributed by atoms with Crippen LogP contribution in [0.3, 0.4) is 0 Å². The molecule has 2 heterocycles. The second-order valence-corrected chi connectivity index (χ2v) is 6.53. The zero-order chi connectivity index (χ0) is 17.8. The Bertz CT molecular complexity index is 1070. The normalized spacial score (nSPS) is 11.3. The van der Waals surface area contributed by atoms with Gasteiger partial charge in [-0.3, -0.25) is 0 Å². The molecule has 0 N–H and O–H groups in total. The van der Waals surface area contributed by atoms with Gasteiger partial charge >= 0.3 is 0 Å². The molecular formula is C22H14N2OS. The van der Waals surface area contributed by atoms with Crippen LogP contribution in [0.25, 0.3) is 34.2 Å². The van der Waals surface area contributed by atoms with E-state index in [-0.39, 0.29) is 0 Å². The van der Waals surface area contributed by atoms with Crippen molar-refractivity contribution in [2.45, 2.75) is 0 Å². The van der Waals surface area contributed by atoms with Crippen molar-refractivity contribution < 1.29 is 4.42 Å². The van der Waals surface area contributed by atoms with Gasteiger partial charge in [-0.1, -0.05) is 54.6 Å². The number of thiazole rings is 1. The molecule has 26 heavy (non-hydrogen) atoms. The zero-order valence-corrected chi connectivity index (χ0v) is 14.6. The summed E-state index contributed by atoms with van der Waals surface area (Å²) < 4.78 is 5.36. The van der Waals surface area contributed by atoms with Crippen molar-refractivity contribution in [1.29, 1.82) is 5.26 Å². The van der Waals surface area contributed by atoms with E-state index in [0.29, 0.717) is 16.3 Å². The van der Waals surface area contributed by atoms with Crippen LogP contribution >= 0.6 is 11.3 Å². The Morgan fingerprint density at radius 3 is 2.42 bits per heavy atom. The summed E-state index contributed by atoms with van der Waals surface area (Å²) in [4.78, 5) is 4.52. The van der Waals surface area contributed by atoms with Gasteiger partial charge in [-0.2, -0.15) is 5.26 Å². The summed E-state index contributed by atoms with van der Waals surface area (Å²) >= 11 is 1.44. The lowest BCUT2D eigenvalue weighted by atomic mass is 10.0. The fourth-order valence-electron chi connectivity index (χ4n) is 2.65. The van der Waals surface area contributed by atoms with Gasteiger partial charge in [0.2, 0.25) is 0 Å². The predicted octanol–water partition coefficient (Wildman–Crippen LogP) is 6.13. The smallest absolute Gasteiger partial charge is 0.153 e. The van der Waals surface area contributed by atoms with Crippen molar-refractivity contribution >= 4 is 23.0 Å². The Morgan fingerprint density at radius 1 is 0.962 bits per heavy atom. The lowest BCUT2D eigenvalue weighted by molar-refractivity contribution is 0.580. The molecule has 0 aliphatic heterocycles. The monoisotopic (exact) mass is 354 g/mol. The first-order valence-electron chi connectivity index (χ1n) is 8.10. The molecule has 0 fully saturated rings. The van der Waals surface area contributed by atoms with E-state index >= 15 is 0 Å². The third-order valence-electron chi connectivity index (χ3n) is 3.96. The van der Waals surface area contributed by atoms with Crippen LogP contribution in [0, 0.1) is 11.3 Å². The molecule has 0 unspecified atom stereocenters. The maximum Gasteiger partial charge on any atom is 0.153 e. The van der Waals surface area contributed by atoms with E-state index in [2.05, 4.69) is 35.3 Å². The molecule has 124 valence electrons. The second-order valence-electron chi connectivity index (χ2n) is 5.67. The van der Waals surface area contributed by atoms with Gasteiger partial charge in [-0.05, 0) is 34.9 Å². The summed E-state index contributed by atoms with van der Waals surface area (Å²) in [5.41, 5.74) is 4.58. The number of nitriles is 1. The van der Waals surface area contributed by atoms with E-state index < -0.39 is 0 Å². The van der Waals surface area contributed by atoms with E-state index in [1.54, 1.807) is 6.26 Å². The highest BCUT2D eigenvalue weighted by molar-refractivity contribution is 7.11. The van der Waals surface area contributed by atoms with Crippen molar-refractivity contribution in [2.24, 2.45) is 0 Å². The number of hydrogen-bond acceptors (Lipinski definition) is 4. The first-order chi connectivity index (χ1) is 12.8. The van der Waals surface area contributed by atoms with Crippen molar-refractivity contribution in [1.82, 2.24) is 4.98 Å². The van der Waals surface area contributed by atoms with Crippen LogP contribution in [0.4, 0.5) is 0 Å².